The zero-order chi connectivity index (χ0) is 21.6. The van der Waals surface area contributed by atoms with Crippen LogP contribution < -0.4 is 10.6 Å². The Bertz CT molecular complexity index is 874. The molecule has 2 amide bonds. The molecule has 0 radical (unpaired) electrons. The van der Waals surface area contributed by atoms with Crippen molar-refractivity contribution < 1.29 is 14.7 Å². The van der Waals surface area contributed by atoms with Gasteiger partial charge in [0, 0.05) is 38.0 Å². The predicted octanol–water partition coefficient (Wildman–Crippen LogP) is 2.43. The van der Waals surface area contributed by atoms with E-state index in [1.54, 1.807) is 0 Å². The number of rotatable bonds is 3. The topological polar surface area (TPSA) is 81.7 Å². The van der Waals surface area contributed by atoms with Crippen LogP contribution in [0.3, 0.4) is 0 Å². The summed E-state index contributed by atoms with van der Waals surface area (Å²) in [5.74, 6) is -0.702. The number of amides is 2. The van der Waals surface area contributed by atoms with Crippen molar-refractivity contribution in [3.05, 3.63) is 71.8 Å². The first-order valence-electron chi connectivity index (χ1n) is 11.2. The molecule has 6 heteroatoms. The van der Waals surface area contributed by atoms with Gasteiger partial charge < -0.3 is 20.6 Å². The lowest BCUT2D eigenvalue weighted by Gasteiger charge is -2.24. The van der Waals surface area contributed by atoms with Gasteiger partial charge in [0.2, 0.25) is 11.8 Å². The molecular formula is C25H31N3O3. The summed E-state index contributed by atoms with van der Waals surface area (Å²) in [4.78, 5) is 27.7. The van der Waals surface area contributed by atoms with Crippen molar-refractivity contribution in [1.29, 1.82) is 0 Å². The van der Waals surface area contributed by atoms with Gasteiger partial charge in [-0.05, 0) is 30.5 Å². The Kier molecular flexibility index (Phi) is 6.99. The van der Waals surface area contributed by atoms with Gasteiger partial charge in [0.1, 0.15) is 0 Å². The minimum atomic E-state index is -0.868. The molecule has 2 saturated heterocycles. The Balaban J connectivity index is 1.50. The zero-order valence-electron chi connectivity index (χ0n) is 17.7. The van der Waals surface area contributed by atoms with Crippen LogP contribution in [0.2, 0.25) is 0 Å². The van der Waals surface area contributed by atoms with Gasteiger partial charge in [-0.25, -0.2) is 0 Å². The van der Waals surface area contributed by atoms with E-state index in [0.717, 1.165) is 30.5 Å². The quantitative estimate of drug-likeness (QED) is 0.711. The van der Waals surface area contributed by atoms with Crippen LogP contribution in [0, 0.1) is 11.8 Å². The van der Waals surface area contributed by atoms with E-state index in [0.29, 0.717) is 26.1 Å². The number of carbonyl (C=O) groups is 2. The van der Waals surface area contributed by atoms with E-state index < -0.39 is 12.0 Å². The number of aliphatic hydroxyl groups excluding tert-OH is 1. The van der Waals surface area contributed by atoms with Crippen molar-refractivity contribution >= 4 is 11.8 Å². The van der Waals surface area contributed by atoms with Gasteiger partial charge in [-0.1, -0.05) is 60.7 Å². The zero-order valence-corrected chi connectivity index (χ0v) is 17.7. The molecule has 6 nitrogen and oxygen atoms in total. The largest absolute Gasteiger partial charge is 0.388 e. The summed E-state index contributed by atoms with van der Waals surface area (Å²) in [5.41, 5.74) is 1.85. The maximum Gasteiger partial charge on any atom is 0.229 e. The standard InChI is InChI=1S/C25H31N3O3/c29-22-15-21(18-9-3-1-4-10-18)26-13-7-8-14-28-17-20(16-27-22)23(25(28)31)24(30)19-11-5-2-6-12-19/h1-6,9-12,20-21,23-24,26,30H,7-8,13-17H2,(H,27,29)/t20-,21+,23+,24+/m0/s1. The number of fused-ring (bicyclic) bond motifs is 2. The van der Waals surface area contributed by atoms with Crippen LogP contribution >= 0.6 is 0 Å². The third kappa shape index (κ3) is 5.14. The molecule has 4 rings (SSSR count). The summed E-state index contributed by atoms with van der Waals surface area (Å²) in [5, 5.41) is 17.5. The molecule has 2 heterocycles. The molecular weight excluding hydrogens is 390 g/mol. The summed E-state index contributed by atoms with van der Waals surface area (Å²) in [7, 11) is 0. The fraction of sp³-hybridized carbons (Fsp3) is 0.440. The van der Waals surface area contributed by atoms with Gasteiger partial charge >= 0.3 is 0 Å². The van der Waals surface area contributed by atoms with Crippen LogP contribution in [-0.4, -0.2) is 48.0 Å². The maximum absolute atomic E-state index is 13.1. The lowest BCUT2D eigenvalue weighted by molar-refractivity contribution is -0.135. The monoisotopic (exact) mass is 421 g/mol. The van der Waals surface area contributed by atoms with Crippen molar-refractivity contribution in [1.82, 2.24) is 15.5 Å². The Morgan fingerprint density at radius 1 is 0.968 bits per heavy atom. The van der Waals surface area contributed by atoms with Crippen molar-refractivity contribution in [2.45, 2.75) is 31.4 Å². The van der Waals surface area contributed by atoms with Crippen LogP contribution in [0.15, 0.2) is 60.7 Å². The molecule has 3 N–H and O–H groups in total. The normalized spacial score (nSPS) is 26.4. The van der Waals surface area contributed by atoms with Gasteiger partial charge in [-0.2, -0.15) is 0 Å². The van der Waals surface area contributed by atoms with Crippen LogP contribution in [0.4, 0.5) is 0 Å². The number of nitrogens with one attached hydrogen (secondary N) is 2. The second kappa shape index (κ2) is 10.1. The first-order chi connectivity index (χ1) is 15.1. The predicted molar refractivity (Wildman–Crippen MR) is 119 cm³/mol. The maximum atomic E-state index is 13.1. The lowest BCUT2D eigenvalue weighted by Crippen LogP contribution is -2.37. The summed E-state index contributed by atoms with van der Waals surface area (Å²) in [6.45, 7) is 2.42. The van der Waals surface area contributed by atoms with E-state index in [2.05, 4.69) is 10.6 Å². The molecule has 2 aromatic rings. The van der Waals surface area contributed by atoms with Gasteiger partial charge in [0.05, 0.1) is 12.0 Å². The lowest BCUT2D eigenvalue weighted by atomic mass is 9.86. The number of hydrogen-bond donors (Lipinski definition) is 3. The summed E-state index contributed by atoms with van der Waals surface area (Å²) >= 11 is 0. The molecule has 31 heavy (non-hydrogen) atoms. The molecule has 2 aliphatic rings. The van der Waals surface area contributed by atoms with Crippen molar-refractivity contribution in [3.63, 3.8) is 0 Å². The molecule has 2 aliphatic heterocycles. The fourth-order valence-corrected chi connectivity index (χ4v) is 4.74. The van der Waals surface area contributed by atoms with Crippen LogP contribution in [0.1, 0.15) is 42.5 Å². The Morgan fingerprint density at radius 2 is 1.68 bits per heavy atom. The molecule has 2 aromatic carbocycles. The first-order valence-corrected chi connectivity index (χ1v) is 11.2. The van der Waals surface area contributed by atoms with Crippen molar-refractivity contribution in [2.24, 2.45) is 11.8 Å². The Labute approximate surface area is 183 Å². The second-order valence-electron chi connectivity index (χ2n) is 8.56. The van der Waals surface area contributed by atoms with Crippen molar-refractivity contribution in [3.8, 4) is 0 Å². The third-order valence-corrected chi connectivity index (χ3v) is 6.44. The molecule has 164 valence electrons. The molecule has 0 aliphatic carbocycles. The molecule has 0 unspecified atom stereocenters. The number of aliphatic hydroxyl groups is 1. The molecule has 2 fully saturated rings. The number of hydrogen-bond acceptors (Lipinski definition) is 4. The van der Waals surface area contributed by atoms with E-state index in [1.807, 2.05) is 65.6 Å². The average molecular weight is 422 g/mol. The van der Waals surface area contributed by atoms with Crippen LogP contribution in [-0.2, 0) is 9.59 Å². The number of benzene rings is 2. The summed E-state index contributed by atoms with van der Waals surface area (Å²) in [6, 6.07) is 19.3. The molecule has 4 atom stereocenters. The molecule has 0 aromatic heterocycles. The van der Waals surface area contributed by atoms with E-state index >= 15 is 0 Å². The first kappa shape index (κ1) is 21.5. The highest BCUT2D eigenvalue weighted by atomic mass is 16.3. The highest BCUT2D eigenvalue weighted by molar-refractivity contribution is 5.82. The summed E-state index contributed by atoms with van der Waals surface area (Å²) < 4.78 is 0. The highest BCUT2D eigenvalue weighted by Crippen LogP contribution is 2.35. The second-order valence-corrected chi connectivity index (χ2v) is 8.56. The van der Waals surface area contributed by atoms with Gasteiger partial charge in [0.25, 0.3) is 0 Å². The number of carbonyl (C=O) groups excluding carboxylic acids is 2. The van der Waals surface area contributed by atoms with E-state index in [1.165, 1.54) is 0 Å². The van der Waals surface area contributed by atoms with E-state index in [4.69, 9.17) is 0 Å². The van der Waals surface area contributed by atoms with Gasteiger partial charge in [-0.3, -0.25) is 9.59 Å². The Hall–Kier alpha value is -2.70. The summed E-state index contributed by atoms with van der Waals surface area (Å²) in [6.07, 6.45) is 1.29. The van der Waals surface area contributed by atoms with E-state index in [-0.39, 0.29) is 23.8 Å². The van der Waals surface area contributed by atoms with Gasteiger partial charge in [0.15, 0.2) is 0 Å². The SMILES string of the molecule is O=C1C[C@H](c2ccccc2)NCCCCN2C[C@H](CN1)[C@H]([C@H](O)c1ccccc1)C2=O. The highest BCUT2D eigenvalue weighted by Gasteiger charge is 2.44. The average Bonchev–Trinajstić information content (AvgIpc) is 3.12. The molecule has 2 bridgehead atoms. The third-order valence-electron chi connectivity index (χ3n) is 6.44. The van der Waals surface area contributed by atoms with Crippen molar-refractivity contribution in [2.75, 3.05) is 26.2 Å². The van der Waals surface area contributed by atoms with E-state index in [9.17, 15) is 14.7 Å². The van der Waals surface area contributed by atoms with Crippen LogP contribution in [0.5, 0.6) is 0 Å². The fourth-order valence-electron chi connectivity index (χ4n) is 4.74. The molecule has 0 spiro atoms. The van der Waals surface area contributed by atoms with Crippen LogP contribution in [0.25, 0.3) is 0 Å². The minimum absolute atomic E-state index is 0.0113. The van der Waals surface area contributed by atoms with Gasteiger partial charge in [-0.15, -0.1) is 0 Å². The Morgan fingerprint density at radius 3 is 2.42 bits per heavy atom. The molecule has 0 saturated carbocycles. The number of nitrogens with zero attached hydrogens (tertiary/aromatic N) is 1. The smallest absolute Gasteiger partial charge is 0.229 e. The minimum Gasteiger partial charge on any atom is -0.388 e.